The molecule has 0 atom stereocenters. The van der Waals surface area contributed by atoms with Crippen LogP contribution in [0.4, 0.5) is 0 Å². The molecule has 0 N–H and O–H groups in total. The molecule has 1 rings (SSSR count). The predicted molar refractivity (Wildman–Crippen MR) is 65.9 cm³/mol. The van der Waals surface area contributed by atoms with E-state index in [1.807, 2.05) is 30.3 Å². The highest BCUT2D eigenvalue weighted by Crippen LogP contribution is 2.33. The van der Waals surface area contributed by atoms with Crippen LogP contribution in [0.25, 0.3) is 0 Å². The highest BCUT2D eigenvalue weighted by Gasteiger charge is 2.28. The van der Waals surface area contributed by atoms with E-state index in [9.17, 15) is 4.79 Å². The van der Waals surface area contributed by atoms with Crippen molar-refractivity contribution in [2.45, 2.75) is 18.4 Å². The molecule has 16 heavy (non-hydrogen) atoms. The summed E-state index contributed by atoms with van der Waals surface area (Å²) in [6.07, 6.45) is 6.37. The Morgan fingerprint density at radius 3 is 2.19 bits per heavy atom. The van der Waals surface area contributed by atoms with Gasteiger partial charge in [0.2, 0.25) is 6.08 Å². The molecule has 0 aliphatic carbocycles. The molecule has 0 saturated heterocycles. The lowest BCUT2D eigenvalue weighted by Crippen LogP contribution is -2.22. The lowest BCUT2D eigenvalue weighted by Gasteiger charge is -2.26. The van der Waals surface area contributed by atoms with Crippen molar-refractivity contribution in [2.75, 3.05) is 0 Å². The number of carbonyl (C=O) groups excluding carboxylic acids is 1. The fourth-order valence-corrected chi connectivity index (χ4v) is 1.79. The molecule has 0 aliphatic rings. The third-order valence-electron chi connectivity index (χ3n) is 2.53. The van der Waals surface area contributed by atoms with Crippen LogP contribution in [0, 0.1) is 0 Å². The van der Waals surface area contributed by atoms with Crippen LogP contribution in [0.5, 0.6) is 0 Å². The van der Waals surface area contributed by atoms with Crippen molar-refractivity contribution in [3.63, 3.8) is 0 Å². The van der Waals surface area contributed by atoms with Gasteiger partial charge >= 0.3 is 0 Å². The Hall–Kier alpha value is -1.92. The lowest BCUT2D eigenvalue weighted by atomic mass is 9.84. The Labute approximate surface area is 96.0 Å². The third-order valence-corrected chi connectivity index (χ3v) is 2.53. The molecular formula is C14H15NO. The Kier molecular flexibility index (Phi) is 4.43. The minimum Gasteiger partial charge on any atom is -0.211 e. The maximum Gasteiger partial charge on any atom is 0.235 e. The van der Waals surface area contributed by atoms with Gasteiger partial charge in [0.05, 0.1) is 0 Å². The summed E-state index contributed by atoms with van der Waals surface area (Å²) >= 11 is 0. The van der Waals surface area contributed by atoms with E-state index in [0.29, 0.717) is 12.8 Å². The van der Waals surface area contributed by atoms with Crippen LogP contribution in [-0.2, 0) is 10.3 Å². The second-order valence-corrected chi connectivity index (χ2v) is 3.59. The fourth-order valence-electron chi connectivity index (χ4n) is 1.79. The van der Waals surface area contributed by atoms with Gasteiger partial charge in [-0.15, -0.1) is 13.2 Å². The number of benzene rings is 1. The number of aliphatic imine (C=N–C) groups is 1. The second kappa shape index (κ2) is 5.84. The van der Waals surface area contributed by atoms with Crippen LogP contribution >= 0.6 is 0 Å². The van der Waals surface area contributed by atoms with E-state index in [1.165, 1.54) is 0 Å². The van der Waals surface area contributed by atoms with Gasteiger partial charge in [-0.1, -0.05) is 42.5 Å². The van der Waals surface area contributed by atoms with E-state index < -0.39 is 5.54 Å². The van der Waals surface area contributed by atoms with Gasteiger partial charge in [-0.05, 0) is 18.4 Å². The van der Waals surface area contributed by atoms with E-state index in [4.69, 9.17) is 0 Å². The zero-order valence-corrected chi connectivity index (χ0v) is 9.23. The van der Waals surface area contributed by atoms with Crippen molar-refractivity contribution in [3.8, 4) is 0 Å². The summed E-state index contributed by atoms with van der Waals surface area (Å²) in [5, 5.41) is 0. The molecule has 0 spiro atoms. The fraction of sp³-hybridized carbons (Fsp3) is 0.214. The largest absolute Gasteiger partial charge is 0.235 e. The minimum atomic E-state index is -0.591. The molecule has 1 aromatic rings. The number of nitrogens with zero attached hydrogens (tertiary/aromatic N) is 1. The van der Waals surface area contributed by atoms with E-state index in [1.54, 1.807) is 18.2 Å². The van der Waals surface area contributed by atoms with Gasteiger partial charge in [0.15, 0.2) is 0 Å². The smallest absolute Gasteiger partial charge is 0.211 e. The first-order chi connectivity index (χ1) is 7.79. The van der Waals surface area contributed by atoms with E-state index >= 15 is 0 Å². The number of rotatable bonds is 6. The third kappa shape index (κ3) is 2.56. The van der Waals surface area contributed by atoms with Crippen LogP contribution in [0.2, 0.25) is 0 Å². The average molecular weight is 213 g/mol. The monoisotopic (exact) mass is 213 g/mol. The molecule has 1 aromatic carbocycles. The van der Waals surface area contributed by atoms with Gasteiger partial charge in [0, 0.05) is 0 Å². The molecular weight excluding hydrogens is 198 g/mol. The SMILES string of the molecule is C=CCC(CC=C)(N=C=O)c1ccccc1. The Balaban J connectivity index is 3.24. The first-order valence-corrected chi connectivity index (χ1v) is 5.15. The summed E-state index contributed by atoms with van der Waals surface area (Å²) in [6.45, 7) is 7.42. The van der Waals surface area contributed by atoms with Crippen molar-refractivity contribution >= 4 is 6.08 Å². The maximum absolute atomic E-state index is 10.6. The summed E-state index contributed by atoms with van der Waals surface area (Å²) in [6, 6.07) is 9.69. The second-order valence-electron chi connectivity index (χ2n) is 3.59. The average Bonchev–Trinajstić information content (AvgIpc) is 2.31. The highest BCUT2D eigenvalue weighted by atomic mass is 16.1. The topological polar surface area (TPSA) is 29.4 Å². The Morgan fingerprint density at radius 1 is 1.19 bits per heavy atom. The standard InChI is InChI=1S/C14H15NO/c1-3-10-14(11-4-2,15-12-16)13-8-6-5-7-9-13/h3-9H,1-2,10-11H2. The summed E-state index contributed by atoms with van der Waals surface area (Å²) in [7, 11) is 0. The Bertz CT molecular complexity index is 392. The van der Waals surface area contributed by atoms with Crippen molar-refractivity contribution in [3.05, 3.63) is 61.2 Å². The molecule has 0 radical (unpaired) electrons. The van der Waals surface area contributed by atoms with E-state index in [2.05, 4.69) is 18.2 Å². The number of hydrogen-bond acceptors (Lipinski definition) is 2. The molecule has 0 aromatic heterocycles. The van der Waals surface area contributed by atoms with Crippen molar-refractivity contribution in [1.82, 2.24) is 0 Å². The van der Waals surface area contributed by atoms with Crippen molar-refractivity contribution in [1.29, 1.82) is 0 Å². The Morgan fingerprint density at radius 2 is 1.75 bits per heavy atom. The molecule has 0 heterocycles. The van der Waals surface area contributed by atoms with Crippen LogP contribution in [0.3, 0.4) is 0 Å². The van der Waals surface area contributed by atoms with Crippen LogP contribution < -0.4 is 0 Å². The molecule has 0 aliphatic heterocycles. The zero-order valence-electron chi connectivity index (χ0n) is 9.23. The molecule has 82 valence electrons. The summed E-state index contributed by atoms with van der Waals surface area (Å²) in [5.74, 6) is 0. The van der Waals surface area contributed by atoms with Gasteiger partial charge in [-0.25, -0.2) is 4.79 Å². The first kappa shape index (κ1) is 12.2. The molecule has 0 amide bonds. The van der Waals surface area contributed by atoms with Gasteiger partial charge in [-0.2, -0.15) is 4.99 Å². The molecule has 0 bridgehead atoms. The number of isocyanates is 1. The summed E-state index contributed by atoms with van der Waals surface area (Å²) < 4.78 is 0. The summed E-state index contributed by atoms with van der Waals surface area (Å²) in [5.41, 5.74) is 0.394. The van der Waals surface area contributed by atoms with Gasteiger partial charge in [-0.3, -0.25) is 0 Å². The van der Waals surface area contributed by atoms with Crippen LogP contribution in [-0.4, -0.2) is 6.08 Å². The number of hydrogen-bond donors (Lipinski definition) is 0. The highest BCUT2D eigenvalue weighted by molar-refractivity contribution is 5.39. The lowest BCUT2D eigenvalue weighted by molar-refractivity contribution is 0.451. The van der Waals surface area contributed by atoms with Gasteiger partial charge in [0.25, 0.3) is 0 Å². The van der Waals surface area contributed by atoms with Gasteiger partial charge in [0.1, 0.15) is 5.54 Å². The quantitative estimate of drug-likeness (QED) is 0.404. The van der Waals surface area contributed by atoms with Crippen molar-refractivity contribution < 1.29 is 4.79 Å². The van der Waals surface area contributed by atoms with Crippen molar-refractivity contribution in [2.24, 2.45) is 4.99 Å². The molecule has 0 saturated carbocycles. The normalized spacial score (nSPS) is 10.2. The molecule has 0 unspecified atom stereocenters. The predicted octanol–water partition coefficient (Wildman–Crippen LogP) is 3.37. The minimum absolute atomic E-state index is 0.591. The van der Waals surface area contributed by atoms with Crippen LogP contribution in [0.15, 0.2) is 60.6 Å². The van der Waals surface area contributed by atoms with E-state index in [-0.39, 0.29) is 0 Å². The van der Waals surface area contributed by atoms with E-state index in [0.717, 1.165) is 5.56 Å². The maximum atomic E-state index is 10.6. The molecule has 2 heteroatoms. The van der Waals surface area contributed by atoms with Crippen LogP contribution in [0.1, 0.15) is 18.4 Å². The molecule has 2 nitrogen and oxygen atoms in total. The first-order valence-electron chi connectivity index (χ1n) is 5.15. The zero-order chi connectivity index (χ0) is 11.9. The molecule has 0 fully saturated rings. The van der Waals surface area contributed by atoms with Gasteiger partial charge < -0.3 is 0 Å². The summed E-state index contributed by atoms with van der Waals surface area (Å²) in [4.78, 5) is 14.5.